The molecular weight excluding hydrogens is 406 g/mol. The maximum atomic E-state index is 13.0. The zero-order chi connectivity index (χ0) is 21.8. The van der Waals surface area contributed by atoms with E-state index in [-0.39, 0.29) is 17.5 Å². The Kier molecular flexibility index (Phi) is 6.28. The van der Waals surface area contributed by atoms with Gasteiger partial charge in [0.25, 0.3) is 11.5 Å². The van der Waals surface area contributed by atoms with E-state index in [2.05, 4.69) is 23.3 Å². The van der Waals surface area contributed by atoms with Gasteiger partial charge in [-0.25, -0.2) is 4.98 Å². The minimum Gasteiger partial charge on any atom is -0.344 e. The van der Waals surface area contributed by atoms with Gasteiger partial charge in [-0.05, 0) is 48.6 Å². The highest BCUT2D eigenvalue weighted by atomic mass is 32.1. The van der Waals surface area contributed by atoms with Crippen molar-refractivity contribution < 1.29 is 4.79 Å². The summed E-state index contributed by atoms with van der Waals surface area (Å²) in [5.74, 6) is -0.131. The highest BCUT2D eigenvalue weighted by molar-refractivity contribution is 7.10. The van der Waals surface area contributed by atoms with Gasteiger partial charge in [0.2, 0.25) is 0 Å². The molecule has 1 atom stereocenters. The molecule has 2 heterocycles. The van der Waals surface area contributed by atoms with Gasteiger partial charge in [-0.3, -0.25) is 9.59 Å². The monoisotopic (exact) mass is 431 g/mol. The Morgan fingerprint density at radius 1 is 1.13 bits per heavy atom. The van der Waals surface area contributed by atoms with Crippen molar-refractivity contribution in [2.75, 3.05) is 0 Å². The molecular formula is C25H25N3O2S. The molecule has 0 saturated carbocycles. The Balaban J connectivity index is 1.67. The quantitative estimate of drug-likeness (QED) is 0.443. The van der Waals surface area contributed by atoms with Crippen LogP contribution in [-0.4, -0.2) is 15.5 Å². The lowest BCUT2D eigenvalue weighted by Crippen LogP contribution is -2.28. The van der Waals surface area contributed by atoms with Crippen LogP contribution in [0.25, 0.3) is 11.0 Å². The van der Waals surface area contributed by atoms with Crippen LogP contribution in [0, 0.1) is 6.92 Å². The largest absolute Gasteiger partial charge is 0.344 e. The summed E-state index contributed by atoms with van der Waals surface area (Å²) in [5.41, 5.74) is 3.25. The van der Waals surface area contributed by atoms with Crippen LogP contribution in [0.4, 0.5) is 0 Å². The molecule has 0 saturated heterocycles. The van der Waals surface area contributed by atoms with Crippen LogP contribution < -0.4 is 10.9 Å². The summed E-state index contributed by atoms with van der Waals surface area (Å²) in [7, 11) is 0. The van der Waals surface area contributed by atoms with Crippen LogP contribution in [-0.2, 0) is 6.54 Å². The molecule has 4 aromatic rings. The van der Waals surface area contributed by atoms with Crippen molar-refractivity contribution in [3.8, 4) is 0 Å². The number of nitrogens with one attached hydrogen (secondary N) is 1. The van der Waals surface area contributed by atoms with Crippen LogP contribution in [0.15, 0.2) is 70.8 Å². The molecule has 1 amide bonds. The number of thiophene rings is 1. The Morgan fingerprint density at radius 2 is 1.94 bits per heavy atom. The number of rotatable bonds is 7. The maximum absolute atomic E-state index is 13.0. The average molecular weight is 432 g/mol. The van der Waals surface area contributed by atoms with Crippen LogP contribution in [0.1, 0.15) is 52.3 Å². The van der Waals surface area contributed by atoms with Crippen LogP contribution in [0.2, 0.25) is 0 Å². The van der Waals surface area contributed by atoms with Crippen LogP contribution in [0.3, 0.4) is 0 Å². The molecule has 0 bridgehead atoms. The van der Waals surface area contributed by atoms with Crippen molar-refractivity contribution in [1.82, 2.24) is 14.9 Å². The molecule has 158 valence electrons. The van der Waals surface area contributed by atoms with E-state index in [9.17, 15) is 9.59 Å². The number of carbonyl (C=O) groups is 1. The first kappa shape index (κ1) is 21.0. The highest BCUT2D eigenvalue weighted by Gasteiger charge is 2.17. The number of amides is 1. The Morgan fingerprint density at radius 3 is 2.65 bits per heavy atom. The van der Waals surface area contributed by atoms with Crippen molar-refractivity contribution in [3.05, 3.63) is 98.1 Å². The number of aryl methyl sites for hydroxylation is 1. The molecule has 1 unspecified atom stereocenters. The average Bonchev–Trinajstić information content (AvgIpc) is 3.32. The molecule has 2 aromatic heterocycles. The number of fused-ring (bicyclic) bond motifs is 1. The van der Waals surface area contributed by atoms with Crippen molar-refractivity contribution in [2.45, 2.75) is 39.3 Å². The van der Waals surface area contributed by atoms with Gasteiger partial charge in [0.15, 0.2) is 0 Å². The van der Waals surface area contributed by atoms with E-state index in [0.29, 0.717) is 23.3 Å². The van der Waals surface area contributed by atoms with Crippen LogP contribution >= 0.6 is 11.3 Å². The molecule has 1 N–H and O–H groups in total. The van der Waals surface area contributed by atoms with E-state index in [1.165, 1.54) is 0 Å². The molecule has 0 aliphatic rings. The fourth-order valence-electron chi connectivity index (χ4n) is 3.74. The standard InChI is InChI=1S/C25H25N3O2S/c1-3-8-20(23-11-7-14-31-23)27-24(29)19-12-13-22-21(15-19)26-17(2)25(30)28(22)16-18-9-5-4-6-10-18/h4-7,9-15,20H,3,8,16H2,1-2H3,(H,27,29). The fourth-order valence-corrected chi connectivity index (χ4v) is 4.56. The van der Waals surface area contributed by atoms with E-state index in [1.54, 1.807) is 35.0 Å². The summed E-state index contributed by atoms with van der Waals surface area (Å²) < 4.78 is 1.72. The van der Waals surface area contributed by atoms with Gasteiger partial charge < -0.3 is 9.88 Å². The Hall–Kier alpha value is -3.25. The smallest absolute Gasteiger partial charge is 0.272 e. The first-order valence-corrected chi connectivity index (χ1v) is 11.3. The van der Waals surface area contributed by atoms with Crippen molar-refractivity contribution >= 4 is 28.3 Å². The molecule has 0 aliphatic heterocycles. The van der Waals surface area contributed by atoms with E-state index in [4.69, 9.17) is 0 Å². The first-order chi connectivity index (χ1) is 15.1. The van der Waals surface area contributed by atoms with Gasteiger partial charge in [0.1, 0.15) is 5.69 Å². The predicted molar refractivity (Wildman–Crippen MR) is 126 cm³/mol. The van der Waals surface area contributed by atoms with Crippen LogP contribution in [0.5, 0.6) is 0 Å². The summed E-state index contributed by atoms with van der Waals surface area (Å²) in [6, 6.07) is 19.3. The number of hydrogen-bond acceptors (Lipinski definition) is 4. The third kappa shape index (κ3) is 4.59. The number of aromatic nitrogens is 2. The van der Waals surface area contributed by atoms with E-state index in [0.717, 1.165) is 28.8 Å². The van der Waals surface area contributed by atoms with Gasteiger partial charge >= 0.3 is 0 Å². The summed E-state index contributed by atoms with van der Waals surface area (Å²) in [6.45, 7) is 4.29. The molecule has 5 nitrogen and oxygen atoms in total. The third-order valence-electron chi connectivity index (χ3n) is 5.32. The second-order valence-corrected chi connectivity index (χ2v) is 8.59. The second kappa shape index (κ2) is 9.27. The van der Waals surface area contributed by atoms with Crippen molar-refractivity contribution in [1.29, 1.82) is 0 Å². The summed E-state index contributed by atoms with van der Waals surface area (Å²) in [6.07, 6.45) is 1.86. The lowest BCUT2D eigenvalue weighted by Gasteiger charge is -2.17. The number of nitrogens with zero attached hydrogens (tertiary/aromatic N) is 2. The van der Waals surface area contributed by atoms with Gasteiger partial charge in [-0.2, -0.15) is 0 Å². The molecule has 0 aliphatic carbocycles. The maximum Gasteiger partial charge on any atom is 0.272 e. The zero-order valence-electron chi connectivity index (χ0n) is 17.7. The van der Waals surface area contributed by atoms with Gasteiger partial charge in [0.05, 0.1) is 23.6 Å². The van der Waals surface area contributed by atoms with E-state index in [1.807, 2.05) is 47.8 Å². The van der Waals surface area contributed by atoms with Crippen molar-refractivity contribution in [2.24, 2.45) is 0 Å². The van der Waals surface area contributed by atoms with Gasteiger partial charge in [0, 0.05) is 10.4 Å². The second-order valence-electron chi connectivity index (χ2n) is 7.61. The minimum atomic E-state index is -0.131. The van der Waals surface area contributed by atoms with Crippen molar-refractivity contribution in [3.63, 3.8) is 0 Å². The first-order valence-electron chi connectivity index (χ1n) is 10.5. The SMILES string of the molecule is CCCC(NC(=O)c1ccc2c(c1)nc(C)c(=O)n2Cc1ccccc1)c1cccs1. The van der Waals surface area contributed by atoms with E-state index < -0.39 is 0 Å². The normalized spacial score (nSPS) is 12.1. The Bertz CT molecular complexity index is 1250. The third-order valence-corrected chi connectivity index (χ3v) is 6.31. The van der Waals surface area contributed by atoms with Gasteiger partial charge in [-0.15, -0.1) is 11.3 Å². The minimum absolute atomic E-state index is 0.00470. The molecule has 2 aromatic carbocycles. The molecule has 0 spiro atoms. The lowest BCUT2D eigenvalue weighted by atomic mass is 10.1. The lowest BCUT2D eigenvalue weighted by molar-refractivity contribution is 0.0935. The number of benzene rings is 2. The number of carbonyl (C=O) groups excluding carboxylic acids is 1. The molecule has 0 fully saturated rings. The topological polar surface area (TPSA) is 64.0 Å². The Labute approximate surface area is 185 Å². The van der Waals surface area contributed by atoms with E-state index >= 15 is 0 Å². The molecule has 0 radical (unpaired) electrons. The number of hydrogen-bond donors (Lipinski definition) is 1. The summed E-state index contributed by atoms with van der Waals surface area (Å²) in [4.78, 5) is 31.4. The summed E-state index contributed by atoms with van der Waals surface area (Å²) >= 11 is 1.65. The predicted octanol–water partition coefficient (Wildman–Crippen LogP) is 5.09. The highest BCUT2D eigenvalue weighted by Crippen LogP contribution is 2.24. The molecule has 4 rings (SSSR count). The molecule has 31 heavy (non-hydrogen) atoms. The molecule has 6 heteroatoms. The fraction of sp³-hybridized carbons (Fsp3) is 0.240. The zero-order valence-corrected chi connectivity index (χ0v) is 18.5. The summed E-state index contributed by atoms with van der Waals surface area (Å²) in [5, 5.41) is 5.18. The van der Waals surface area contributed by atoms with Gasteiger partial charge in [-0.1, -0.05) is 49.7 Å².